The Bertz CT molecular complexity index is 953. The largest absolute Gasteiger partial charge is 0.493 e. The first-order valence-electron chi connectivity index (χ1n) is 9.18. The molecule has 1 aromatic carbocycles. The number of nitrogens with zero attached hydrogens (tertiary/aromatic N) is 1. The Hall–Kier alpha value is -2.68. The molecule has 0 N–H and O–H groups in total. The fourth-order valence-electron chi connectivity index (χ4n) is 3.58. The topological polar surface area (TPSA) is 95.3 Å². The fraction of sp³-hybridized carbons (Fsp3) is 0.450. The quantitative estimate of drug-likeness (QED) is 0.641. The van der Waals surface area contributed by atoms with Gasteiger partial charge in [0.2, 0.25) is 11.7 Å². The van der Waals surface area contributed by atoms with Gasteiger partial charge < -0.3 is 23.5 Å². The monoisotopic (exact) mass is 423 g/mol. The van der Waals surface area contributed by atoms with E-state index < -0.39 is 9.84 Å². The van der Waals surface area contributed by atoms with Crippen LogP contribution in [0.1, 0.15) is 17.7 Å². The van der Waals surface area contributed by atoms with Gasteiger partial charge in [0.05, 0.1) is 52.1 Å². The van der Waals surface area contributed by atoms with E-state index in [1.165, 1.54) is 27.6 Å². The van der Waals surface area contributed by atoms with Gasteiger partial charge in [-0.1, -0.05) is 6.07 Å². The van der Waals surface area contributed by atoms with Crippen LogP contribution in [-0.4, -0.2) is 58.1 Å². The van der Waals surface area contributed by atoms with E-state index in [0.717, 1.165) is 0 Å². The van der Waals surface area contributed by atoms with Gasteiger partial charge in [0.1, 0.15) is 5.76 Å². The molecule has 0 radical (unpaired) electrons. The van der Waals surface area contributed by atoms with E-state index in [1.54, 1.807) is 29.2 Å². The lowest BCUT2D eigenvalue weighted by molar-refractivity contribution is -0.133. The van der Waals surface area contributed by atoms with Crippen molar-refractivity contribution < 1.29 is 31.8 Å². The zero-order valence-corrected chi connectivity index (χ0v) is 17.5. The van der Waals surface area contributed by atoms with E-state index in [1.807, 2.05) is 0 Å². The Kier molecular flexibility index (Phi) is 6.36. The summed E-state index contributed by atoms with van der Waals surface area (Å²) in [5, 5.41) is 0. The number of carbonyl (C=O) groups excluding carboxylic acids is 1. The number of sulfone groups is 1. The molecular formula is C20H25NO7S. The lowest BCUT2D eigenvalue weighted by Crippen LogP contribution is -2.41. The van der Waals surface area contributed by atoms with Crippen molar-refractivity contribution >= 4 is 15.7 Å². The maximum Gasteiger partial charge on any atom is 0.227 e. The molecule has 1 fully saturated rings. The number of hydrogen-bond acceptors (Lipinski definition) is 7. The maximum absolute atomic E-state index is 13.2. The molecule has 0 aliphatic carbocycles. The van der Waals surface area contributed by atoms with Crippen LogP contribution < -0.4 is 14.2 Å². The molecule has 8 nitrogen and oxygen atoms in total. The van der Waals surface area contributed by atoms with Crippen LogP contribution in [0.3, 0.4) is 0 Å². The van der Waals surface area contributed by atoms with E-state index >= 15 is 0 Å². The zero-order chi connectivity index (χ0) is 21.0. The Morgan fingerprint density at radius 3 is 2.45 bits per heavy atom. The first-order valence-corrected chi connectivity index (χ1v) is 11.0. The highest BCUT2D eigenvalue weighted by molar-refractivity contribution is 7.91. The molecule has 1 atom stereocenters. The van der Waals surface area contributed by atoms with E-state index in [4.69, 9.17) is 18.6 Å². The van der Waals surface area contributed by atoms with Crippen LogP contribution in [0.2, 0.25) is 0 Å². The first-order chi connectivity index (χ1) is 13.9. The van der Waals surface area contributed by atoms with Gasteiger partial charge in [-0.3, -0.25) is 4.79 Å². The Morgan fingerprint density at radius 2 is 1.90 bits per heavy atom. The summed E-state index contributed by atoms with van der Waals surface area (Å²) in [7, 11) is 1.37. The molecule has 158 valence electrons. The van der Waals surface area contributed by atoms with E-state index in [-0.39, 0.29) is 36.4 Å². The lowest BCUT2D eigenvalue weighted by Gasteiger charge is -2.28. The van der Waals surface area contributed by atoms with E-state index in [0.29, 0.717) is 35.0 Å². The van der Waals surface area contributed by atoms with Crippen LogP contribution in [0.25, 0.3) is 0 Å². The van der Waals surface area contributed by atoms with Crippen molar-refractivity contribution in [2.75, 3.05) is 32.8 Å². The summed E-state index contributed by atoms with van der Waals surface area (Å²) in [5.74, 6) is 1.74. The fourth-order valence-corrected chi connectivity index (χ4v) is 5.31. The number of benzene rings is 1. The highest BCUT2D eigenvalue weighted by Crippen LogP contribution is 2.40. The molecule has 0 spiro atoms. The number of carbonyl (C=O) groups is 1. The molecule has 1 aliphatic heterocycles. The van der Waals surface area contributed by atoms with Gasteiger partial charge in [-0.05, 0) is 24.6 Å². The van der Waals surface area contributed by atoms with Crippen molar-refractivity contribution in [1.82, 2.24) is 4.90 Å². The van der Waals surface area contributed by atoms with Crippen molar-refractivity contribution in [2.24, 2.45) is 0 Å². The summed E-state index contributed by atoms with van der Waals surface area (Å²) in [6, 6.07) is 6.57. The molecule has 9 heteroatoms. The third-order valence-electron chi connectivity index (χ3n) is 5.00. The molecule has 1 aliphatic rings. The van der Waals surface area contributed by atoms with E-state index in [9.17, 15) is 13.2 Å². The van der Waals surface area contributed by atoms with Crippen LogP contribution in [0.4, 0.5) is 0 Å². The van der Waals surface area contributed by atoms with Crippen molar-refractivity contribution in [3.63, 3.8) is 0 Å². The molecule has 0 unspecified atom stereocenters. The number of amides is 1. The Balaban J connectivity index is 1.88. The third-order valence-corrected chi connectivity index (χ3v) is 6.75. The molecular weight excluding hydrogens is 398 g/mol. The molecule has 29 heavy (non-hydrogen) atoms. The lowest BCUT2D eigenvalue weighted by atomic mass is 10.1. The van der Waals surface area contributed by atoms with Crippen LogP contribution in [0.5, 0.6) is 17.2 Å². The number of hydrogen-bond donors (Lipinski definition) is 0. The standard InChI is InChI=1S/C20H25NO7S/c1-25-17-7-6-14(19(26-2)20(17)27-3)11-18(22)21(12-16-5-4-9-28-16)15-8-10-29(23,24)13-15/h4-7,9,15H,8,10-13H2,1-3H3/t15-/m0/s1. The molecule has 1 saturated heterocycles. The summed E-state index contributed by atoms with van der Waals surface area (Å²) >= 11 is 0. The second kappa shape index (κ2) is 8.77. The van der Waals surface area contributed by atoms with E-state index in [2.05, 4.69) is 0 Å². The highest BCUT2D eigenvalue weighted by Gasteiger charge is 2.35. The SMILES string of the molecule is COc1ccc(CC(=O)N(Cc2ccco2)[C@H]2CCS(=O)(=O)C2)c(OC)c1OC. The van der Waals surface area contributed by atoms with Gasteiger partial charge in [0.25, 0.3) is 0 Å². The highest BCUT2D eigenvalue weighted by atomic mass is 32.2. The first kappa shape index (κ1) is 21.0. The summed E-state index contributed by atoms with van der Waals surface area (Å²) < 4.78 is 45.5. The predicted octanol–water partition coefficient (Wildman–Crippen LogP) is 2.06. The number of ether oxygens (including phenoxy) is 3. The summed E-state index contributed by atoms with van der Waals surface area (Å²) in [5.41, 5.74) is 0.625. The van der Waals surface area contributed by atoms with Gasteiger partial charge in [-0.25, -0.2) is 8.42 Å². The van der Waals surface area contributed by atoms with Crippen molar-refractivity contribution in [1.29, 1.82) is 0 Å². The van der Waals surface area contributed by atoms with Crippen LogP contribution in [0, 0.1) is 0 Å². The second-order valence-corrected chi connectivity index (χ2v) is 9.06. The minimum Gasteiger partial charge on any atom is -0.493 e. The third kappa shape index (κ3) is 4.67. The molecule has 2 aromatic rings. The normalized spacial score (nSPS) is 17.7. The molecule has 1 aromatic heterocycles. The van der Waals surface area contributed by atoms with Crippen molar-refractivity contribution in [2.45, 2.75) is 25.4 Å². The average molecular weight is 423 g/mol. The molecule has 3 rings (SSSR count). The van der Waals surface area contributed by atoms with Gasteiger partial charge in [0, 0.05) is 11.6 Å². The van der Waals surface area contributed by atoms with Gasteiger partial charge >= 0.3 is 0 Å². The summed E-state index contributed by atoms with van der Waals surface area (Å²) in [6.07, 6.45) is 1.97. The maximum atomic E-state index is 13.2. The van der Waals surface area contributed by atoms with Crippen LogP contribution in [0.15, 0.2) is 34.9 Å². The Labute approximate surface area is 170 Å². The molecule has 2 heterocycles. The minimum atomic E-state index is -3.14. The van der Waals surface area contributed by atoms with Crippen molar-refractivity contribution in [3.8, 4) is 17.2 Å². The van der Waals surface area contributed by atoms with Gasteiger partial charge in [-0.2, -0.15) is 0 Å². The van der Waals surface area contributed by atoms with Crippen molar-refractivity contribution in [3.05, 3.63) is 41.9 Å². The summed E-state index contributed by atoms with van der Waals surface area (Å²) in [6.45, 7) is 0.210. The molecule has 0 saturated carbocycles. The average Bonchev–Trinajstić information content (AvgIpc) is 3.34. The van der Waals surface area contributed by atoms with Gasteiger partial charge in [-0.15, -0.1) is 0 Å². The minimum absolute atomic E-state index is 0.0286. The molecule has 0 bridgehead atoms. The smallest absolute Gasteiger partial charge is 0.227 e. The van der Waals surface area contributed by atoms with Crippen LogP contribution in [-0.2, 0) is 27.6 Å². The second-order valence-electron chi connectivity index (χ2n) is 6.83. The summed E-state index contributed by atoms with van der Waals surface area (Å²) in [4.78, 5) is 14.8. The Morgan fingerprint density at radius 1 is 1.14 bits per heavy atom. The number of methoxy groups -OCH3 is 3. The predicted molar refractivity (Wildman–Crippen MR) is 106 cm³/mol. The molecule has 1 amide bonds. The van der Waals surface area contributed by atoms with Crippen LogP contribution >= 0.6 is 0 Å². The van der Waals surface area contributed by atoms with Gasteiger partial charge in [0.15, 0.2) is 21.3 Å². The number of furan rings is 1. The zero-order valence-electron chi connectivity index (χ0n) is 16.7. The number of rotatable bonds is 8.